The first-order valence-electron chi connectivity index (χ1n) is 6.49. The number of carbonyl (C=O) groups excluding carboxylic acids is 2. The topological polar surface area (TPSA) is 71.1 Å². The lowest BCUT2D eigenvalue weighted by Crippen LogP contribution is -2.13. The molecule has 0 fully saturated rings. The number of hydrogen-bond donors (Lipinski definition) is 2. The molecule has 3 rings (SSSR count). The normalized spacial score (nSPS) is 10.3. The Morgan fingerprint density at radius 2 is 1.78 bits per heavy atom. The molecule has 116 valence electrons. The maximum atomic E-state index is 12.0. The number of rotatable bonds is 4. The van der Waals surface area contributed by atoms with Crippen LogP contribution in [0.15, 0.2) is 48.0 Å². The van der Waals surface area contributed by atoms with Crippen LogP contribution in [0.2, 0.25) is 4.34 Å². The van der Waals surface area contributed by atoms with Gasteiger partial charge in [-0.1, -0.05) is 11.6 Å². The van der Waals surface area contributed by atoms with Gasteiger partial charge in [0.2, 0.25) is 0 Å². The first-order valence-corrected chi connectivity index (χ1v) is 8.57. The first-order chi connectivity index (χ1) is 11.1. The zero-order valence-electron chi connectivity index (χ0n) is 11.6. The van der Waals surface area contributed by atoms with Crippen LogP contribution in [-0.2, 0) is 0 Å². The third kappa shape index (κ3) is 3.95. The summed E-state index contributed by atoms with van der Waals surface area (Å²) in [5.74, 6) is -0.482. The molecule has 0 unspecified atom stereocenters. The lowest BCUT2D eigenvalue weighted by Gasteiger charge is -2.05. The standard InChI is InChI=1S/C15H10ClN3O2S2/c16-12-6-5-11(23-12)14(21)18-10-3-1-9(2-4-10)13(20)19-15-17-7-8-22-15/h1-8H,(H,18,21)(H,17,19,20). The number of anilines is 2. The van der Waals surface area contributed by atoms with E-state index >= 15 is 0 Å². The molecule has 0 spiro atoms. The van der Waals surface area contributed by atoms with Crippen LogP contribution in [0.25, 0.3) is 0 Å². The number of amides is 2. The molecule has 0 aliphatic heterocycles. The second-order valence-corrected chi connectivity index (χ2v) is 7.04. The lowest BCUT2D eigenvalue weighted by atomic mass is 10.2. The monoisotopic (exact) mass is 363 g/mol. The average molecular weight is 364 g/mol. The van der Waals surface area contributed by atoms with Crippen molar-refractivity contribution in [1.82, 2.24) is 4.98 Å². The predicted octanol–water partition coefficient (Wildman–Crippen LogP) is 4.36. The third-order valence-electron chi connectivity index (χ3n) is 2.85. The Morgan fingerprint density at radius 1 is 1.00 bits per heavy atom. The van der Waals surface area contributed by atoms with Gasteiger partial charge in [-0.3, -0.25) is 14.9 Å². The summed E-state index contributed by atoms with van der Waals surface area (Å²) in [5.41, 5.74) is 1.09. The molecule has 2 aromatic heterocycles. The fourth-order valence-electron chi connectivity index (χ4n) is 1.79. The van der Waals surface area contributed by atoms with E-state index < -0.39 is 0 Å². The van der Waals surface area contributed by atoms with Gasteiger partial charge in [-0.05, 0) is 36.4 Å². The van der Waals surface area contributed by atoms with E-state index in [1.807, 2.05) is 0 Å². The van der Waals surface area contributed by atoms with Crippen LogP contribution in [0.3, 0.4) is 0 Å². The lowest BCUT2D eigenvalue weighted by molar-refractivity contribution is 0.102. The molecular weight excluding hydrogens is 354 g/mol. The van der Waals surface area contributed by atoms with Crippen molar-refractivity contribution in [1.29, 1.82) is 0 Å². The Labute approximate surface area is 145 Å². The number of nitrogens with one attached hydrogen (secondary N) is 2. The van der Waals surface area contributed by atoms with Crippen molar-refractivity contribution in [2.24, 2.45) is 0 Å². The highest BCUT2D eigenvalue weighted by molar-refractivity contribution is 7.18. The van der Waals surface area contributed by atoms with Gasteiger partial charge in [0, 0.05) is 22.8 Å². The Kier molecular flexibility index (Phi) is 4.71. The van der Waals surface area contributed by atoms with Crippen LogP contribution in [0, 0.1) is 0 Å². The fraction of sp³-hybridized carbons (Fsp3) is 0. The summed E-state index contributed by atoms with van der Waals surface area (Å²) in [5, 5.41) is 7.78. The average Bonchev–Trinajstić information content (AvgIpc) is 3.19. The van der Waals surface area contributed by atoms with Gasteiger partial charge in [-0.15, -0.1) is 22.7 Å². The molecule has 0 aliphatic rings. The van der Waals surface area contributed by atoms with Gasteiger partial charge in [0.15, 0.2) is 5.13 Å². The van der Waals surface area contributed by atoms with Crippen molar-refractivity contribution in [3.63, 3.8) is 0 Å². The molecule has 2 heterocycles. The molecule has 2 amide bonds. The molecule has 0 atom stereocenters. The summed E-state index contributed by atoms with van der Waals surface area (Å²) in [7, 11) is 0. The minimum Gasteiger partial charge on any atom is -0.321 e. The van der Waals surface area contributed by atoms with Crippen molar-refractivity contribution in [3.8, 4) is 0 Å². The molecule has 2 N–H and O–H groups in total. The molecule has 0 saturated heterocycles. The van der Waals surface area contributed by atoms with Gasteiger partial charge in [0.05, 0.1) is 9.21 Å². The van der Waals surface area contributed by atoms with Crippen molar-refractivity contribution < 1.29 is 9.59 Å². The van der Waals surface area contributed by atoms with E-state index in [1.165, 1.54) is 22.7 Å². The number of aromatic nitrogens is 1. The van der Waals surface area contributed by atoms with Crippen LogP contribution in [0.5, 0.6) is 0 Å². The molecule has 0 saturated carbocycles. The Balaban J connectivity index is 1.65. The summed E-state index contributed by atoms with van der Waals surface area (Å²) in [4.78, 5) is 28.6. The number of halogens is 1. The van der Waals surface area contributed by atoms with Crippen LogP contribution >= 0.6 is 34.3 Å². The third-order valence-corrected chi connectivity index (χ3v) is 4.77. The van der Waals surface area contributed by atoms with Crippen LogP contribution in [-0.4, -0.2) is 16.8 Å². The number of hydrogen-bond acceptors (Lipinski definition) is 5. The quantitative estimate of drug-likeness (QED) is 0.723. The van der Waals surface area contributed by atoms with Gasteiger partial charge < -0.3 is 5.32 Å². The molecule has 8 heteroatoms. The van der Waals surface area contributed by atoms with Crippen molar-refractivity contribution in [2.45, 2.75) is 0 Å². The van der Waals surface area contributed by atoms with Gasteiger partial charge in [0.25, 0.3) is 11.8 Å². The molecule has 0 bridgehead atoms. The highest BCUT2D eigenvalue weighted by atomic mass is 35.5. The SMILES string of the molecule is O=C(Nc1nccs1)c1ccc(NC(=O)c2ccc(Cl)s2)cc1. The zero-order chi connectivity index (χ0) is 16.2. The zero-order valence-corrected chi connectivity index (χ0v) is 14.0. The molecule has 3 aromatic rings. The van der Waals surface area contributed by atoms with E-state index in [9.17, 15) is 9.59 Å². The minimum absolute atomic E-state index is 0.234. The molecule has 0 radical (unpaired) electrons. The van der Waals surface area contributed by atoms with E-state index in [0.717, 1.165) is 0 Å². The van der Waals surface area contributed by atoms with E-state index in [-0.39, 0.29) is 11.8 Å². The van der Waals surface area contributed by atoms with E-state index in [2.05, 4.69) is 15.6 Å². The second-order valence-electron chi connectivity index (χ2n) is 4.43. The van der Waals surface area contributed by atoms with Crippen LogP contribution in [0.4, 0.5) is 10.8 Å². The molecular formula is C15H10ClN3O2S2. The van der Waals surface area contributed by atoms with Gasteiger partial charge in [-0.2, -0.15) is 0 Å². The first kappa shape index (κ1) is 15.7. The molecule has 5 nitrogen and oxygen atoms in total. The molecule has 23 heavy (non-hydrogen) atoms. The van der Waals surface area contributed by atoms with Gasteiger partial charge >= 0.3 is 0 Å². The summed E-state index contributed by atoms with van der Waals surface area (Å²) < 4.78 is 0.560. The number of thiazole rings is 1. The second kappa shape index (κ2) is 6.91. The summed E-state index contributed by atoms with van der Waals surface area (Å²) >= 11 is 8.37. The largest absolute Gasteiger partial charge is 0.321 e. The smallest absolute Gasteiger partial charge is 0.265 e. The number of thiophene rings is 1. The summed E-state index contributed by atoms with van der Waals surface area (Å²) in [6.45, 7) is 0. The predicted molar refractivity (Wildman–Crippen MR) is 93.8 cm³/mol. The molecule has 0 aliphatic carbocycles. The van der Waals surface area contributed by atoms with Gasteiger partial charge in [-0.25, -0.2) is 4.98 Å². The van der Waals surface area contributed by atoms with Crippen molar-refractivity contribution in [2.75, 3.05) is 10.6 Å². The van der Waals surface area contributed by atoms with E-state index in [4.69, 9.17) is 11.6 Å². The Hall–Kier alpha value is -2.22. The highest BCUT2D eigenvalue weighted by Gasteiger charge is 2.10. The van der Waals surface area contributed by atoms with E-state index in [1.54, 1.807) is 48.0 Å². The summed E-state index contributed by atoms with van der Waals surface area (Å²) in [6, 6.07) is 9.96. The maximum absolute atomic E-state index is 12.0. The Morgan fingerprint density at radius 3 is 2.39 bits per heavy atom. The fourth-order valence-corrected chi connectivity index (χ4v) is 3.25. The number of nitrogens with zero attached hydrogens (tertiary/aromatic N) is 1. The van der Waals surface area contributed by atoms with Crippen molar-refractivity contribution in [3.05, 3.63) is 62.8 Å². The minimum atomic E-state index is -0.247. The van der Waals surface area contributed by atoms with E-state index in [0.29, 0.717) is 25.6 Å². The van der Waals surface area contributed by atoms with Gasteiger partial charge in [0.1, 0.15) is 0 Å². The summed E-state index contributed by atoms with van der Waals surface area (Å²) in [6.07, 6.45) is 1.62. The highest BCUT2D eigenvalue weighted by Crippen LogP contribution is 2.22. The van der Waals surface area contributed by atoms with Crippen LogP contribution < -0.4 is 10.6 Å². The van der Waals surface area contributed by atoms with Crippen LogP contribution in [0.1, 0.15) is 20.0 Å². The number of benzene rings is 1. The van der Waals surface area contributed by atoms with Crippen molar-refractivity contribution >= 4 is 56.9 Å². The maximum Gasteiger partial charge on any atom is 0.265 e. The Bertz CT molecular complexity index is 829. The number of carbonyl (C=O) groups is 2. The molecule has 1 aromatic carbocycles.